The zero-order chi connectivity index (χ0) is 34.9. The van der Waals surface area contributed by atoms with E-state index in [9.17, 15) is 0 Å². The largest absolute Gasteiger partial charge is 0.455 e. The molecule has 2 aliphatic rings. The van der Waals surface area contributed by atoms with Crippen molar-refractivity contribution >= 4 is 50.9 Å². The minimum Gasteiger partial charge on any atom is -0.455 e. The van der Waals surface area contributed by atoms with E-state index in [1.807, 2.05) is 12.3 Å². The first-order valence-corrected chi connectivity index (χ1v) is 18.1. The molecule has 0 atom stereocenters. The Bertz CT molecular complexity index is 2920. The van der Waals surface area contributed by atoms with E-state index in [1.165, 1.54) is 11.1 Å². The van der Waals surface area contributed by atoms with Crippen LogP contribution in [-0.2, 0) is 0 Å². The number of nitrogens with zero attached hydrogens (tertiary/aromatic N) is 3. The van der Waals surface area contributed by atoms with Gasteiger partial charge in [0, 0.05) is 57.5 Å². The molecule has 0 saturated carbocycles. The van der Waals surface area contributed by atoms with Crippen molar-refractivity contribution in [2.24, 2.45) is 0 Å². The molecule has 9 aromatic rings. The number of rotatable bonds is 3. The Hall–Kier alpha value is -7.04. The van der Waals surface area contributed by atoms with E-state index in [0.29, 0.717) is 0 Å². The first-order chi connectivity index (χ1) is 26.3. The summed E-state index contributed by atoms with van der Waals surface area (Å²) in [5.74, 6) is 0. The van der Waals surface area contributed by atoms with Crippen LogP contribution >= 0.6 is 0 Å². The molecule has 4 nitrogen and oxygen atoms in total. The van der Waals surface area contributed by atoms with Crippen LogP contribution in [0.1, 0.15) is 0 Å². The number of benzene rings is 7. The summed E-state index contributed by atoms with van der Waals surface area (Å²) >= 11 is 0. The summed E-state index contributed by atoms with van der Waals surface area (Å²) in [6.07, 6.45) is 4.22. The van der Waals surface area contributed by atoms with Gasteiger partial charge in [0.25, 0.3) is 0 Å². The molecule has 248 valence electrons. The molecule has 0 amide bonds. The van der Waals surface area contributed by atoms with Crippen LogP contribution in [0.5, 0.6) is 0 Å². The van der Waals surface area contributed by atoms with Crippen LogP contribution in [-0.4, -0.2) is 17.7 Å². The van der Waals surface area contributed by atoms with E-state index < -0.39 is 0 Å². The third-order valence-corrected chi connectivity index (χ3v) is 10.8. The van der Waals surface area contributed by atoms with Crippen LogP contribution in [0.3, 0.4) is 0 Å². The molecular weight excluding hydrogens is 647 g/mol. The van der Waals surface area contributed by atoms with Crippen LogP contribution < -0.4 is 9.48 Å². The number of anilines is 2. The van der Waals surface area contributed by atoms with Crippen molar-refractivity contribution in [3.05, 3.63) is 176 Å². The SMILES string of the molecule is C1=[N+](c2ccccc2)c2cc3c(cc2N(c2ccccc2)C1)-c1ncccc1-c1cccc(-c2cccc4c2oc2ccccc24)c1-c1ccccc1-3. The fourth-order valence-corrected chi connectivity index (χ4v) is 8.47. The van der Waals surface area contributed by atoms with Gasteiger partial charge < -0.3 is 9.32 Å². The molecule has 3 heterocycles. The lowest BCUT2D eigenvalue weighted by molar-refractivity contribution is 0.670. The highest BCUT2D eigenvalue weighted by atomic mass is 16.3. The van der Waals surface area contributed by atoms with E-state index in [4.69, 9.17) is 9.40 Å². The molecule has 0 radical (unpaired) electrons. The van der Waals surface area contributed by atoms with Gasteiger partial charge in [-0.05, 0) is 63.7 Å². The van der Waals surface area contributed by atoms with Crippen molar-refractivity contribution in [1.82, 2.24) is 9.56 Å². The zero-order valence-corrected chi connectivity index (χ0v) is 28.8. The van der Waals surface area contributed by atoms with Crippen LogP contribution in [0.4, 0.5) is 22.7 Å². The Morgan fingerprint density at radius 3 is 2.04 bits per heavy atom. The first kappa shape index (κ1) is 29.7. The number of fused-ring (bicyclic) bond motifs is 12. The first-order valence-electron chi connectivity index (χ1n) is 18.1. The number of pyridine rings is 1. The van der Waals surface area contributed by atoms with E-state index in [0.717, 1.165) is 95.9 Å². The van der Waals surface area contributed by atoms with Crippen molar-refractivity contribution in [2.45, 2.75) is 0 Å². The standard InChI is InChI=1S/C49H32N3O/c1-3-14-32(15-4-1)51-28-29-52(33-16-5-2-6-17-33)45-31-43-42(30-44(45)51)34-18-7-8-20-36(34)47-37(39-25-13-27-50-48(39)43)21-11-22-38(47)41-24-12-23-40-35-19-9-10-26-46(35)53-49(40)41/h1-28,30-31H,29H2/q+1. The average molecular weight is 679 g/mol. The number of furan rings is 1. The number of hydrogen-bond acceptors (Lipinski definition) is 3. The van der Waals surface area contributed by atoms with Gasteiger partial charge in [-0.1, -0.05) is 121 Å². The molecule has 7 aromatic carbocycles. The Morgan fingerprint density at radius 1 is 0.509 bits per heavy atom. The summed E-state index contributed by atoms with van der Waals surface area (Å²) in [6, 6.07) is 60.7. The molecule has 11 rings (SSSR count). The van der Waals surface area contributed by atoms with Crippen molar-refractivity contribution in [2.75, 3.05) is 11.4 Å². The minimum atomic E-state index is 0.732. The summed E-state index contributed by atoms with van der Waals surface area (Å²) in [5, 5.41) is 2.25. The predicted molar refractivity (Wildman–Crippen MR) is 220 cm³/mol. The summed E-state index contributed by atoms with van der Waals surface area (Å²) in [4.78, 5) is 7.59. The third kappa shape index (κ3) is 4.56. The smallest absolute Gasteiger partial charge is 0.235 e. The molecular formula is C49H32N3O+. The van der Waals surface area contributed by atoms with Crippen LogP contribution in [0.25, 0.3) is 77.7 Å². The van der Waals surface area contributed by atoms with Gasteiger partial charge in [0.1, 0.15) is 23.4 Å². The third-order valence-electron chi connectivity index (χ3n) is 10.8. The van der Waals surface area contributed by atoms with Gasteiger partial charge in [0.05, 0.1) is 5.69 Å². The van der Waals surface area contributed by atoms with Gasteiger partial charge >= 0.3 is 0 Å². The molecule has 53 heavy (non-hydrogen) atoms. The van der Waals surface area contributed by atoms with Crippen molar-refractivity contribution < 1.29 is 4.42 Å². The van der Waals surface area contributed by atoms with Crippen LogP contribution in [0.15, 0.2) is 180 Å². The second-order valence-corrected chi connectivity index (χ2v) is 13.7. The predicted octanol–water partition coefficient (Wildman–Crippen LogP) is 12.7. The monoisotopic (exact) mass is 678 g/mol. The van der Waals surface area contributed by atoms with E-state index in [-0.39, 0.29) is 0 Å². The van der Waals surface area contributed by atoms with E-state index in [1.54, 1.807) is 0 Å². The van der Waals surface area contributed by atoms with E-state index in [2.05, 4.69) is 179 Å². The Morgan fingerprint density at radius 2 is 1.17 bits per heavy atom. The minimum absolute atomic E-state index is 0.732. The highest BCUT2D eigenvalue weighted by Crippen LogP contribution is 2.53. The quantitative estimate of drug-likeness (QED) is 0.174. The van der Waals surface area contributed by atoms with Crippen molar-refractivity contribution in [1.29, 1.82) is 0 Å². The number of para-hydroxylation sites is 4. The fraction of sp³-hybridized carbons (Fsp3) is 0.0204. The zero-order valence-electron chi connectivity index (χ0n) is 28.8. The molecule has 0 saturated heterocycles. The van der Waals surface area contributed by atoms with Gasteiger partial charge in [-0.3, -0.25) is 4.98 Å². The van der Waals surface area contributed by atoms with Crippen LogP contribution in [0, 0.1) is 0 Å². The van der Waals surface area contributed by atoms with Crippen molar-refractivity contribution in [3.8, 4) is 55.8 Å². The highest BCUT2D eigenvalue weighted by Gasteiger charge is 2.33. The maximum atomic E-state index is 6.64. The lowest BCUT2D eigenvalue weighted by Gasteiger charge is -2.30. The summed E-state index contributed by atoms with van der Waals surface area (Å²) in [6.45, 7) is 0.732. The molecule has 1 aliphatic carbocycles. The summed E-state index contributed by atoms with van der Waals surface area (Å²) in [5.41, 5.74) is 17.5. The van der Waals surface area contributed by atoms with Gasteiger partial charge in [-0.15, -0.1) is 0 Å². The van der Waals surface area contributed by atoms with E-state index >= 15 is 0 Å². The van der Waals surface area contributed by atoms with Gasteiger partial charge in [-0.2, -0.15) is 4.58 Å². The molecule has 1 aliphatic heterocycles. The average Bonchev–Trinajstić information content (AvgIpc) is 3.62. The molecule has 2 aromatic heterocycles. The lowest BCUT2D eigenvalue weighted by Crippen LogP contribution is -2.29. The van der Waals surface area contributed by atoms with Gasteiger partial charge in [0.15, 0.2) is 6.21 Å². The molecule has 0 spiro atoms. The number of hydrogen-bond donors (Lipinski definition) is 0. The molecule has 0 bridgehead atoms. The fourth-order valence-electron chi connectivity index (χ4n) is 8.47. The maximum Gasteiger partial charge on any atom is 0.235 e. The van der Waals surface area contributed by atoms with Crippen LogP contribution in [0.2, 0.25) is 0 Å². The Labute approximate surface area is 307 Å². The highest BCUT2D eigenvalue weighted by molar-refractivity contribution is 6.13. The second-order valence-electron chi connectivity index (χ2n) is 13.7. The maximum absolute atomic E-state index is 6.64. The summed E-state index contributed by atoms with van der Waals surface area (Å²) in [7, 11) is 0. The van der Waals surface area contributed by atoms with Crippen molar-refractivity contribution in [3.63, 3.8) is 0 Å². The summed E-state index contributed by atoms with van der Waals surface area (Å²) < 4.78 is 8.98. The van der Waals surface area contributed by atoms with Gasteiger partial charge in [-0.25, -0.2) is 0 Å². The molecule has 0 fully saturated rings. The molecule has 4 heteroatoms. The lowest BCUT2D eigenvalue weighted by atomic mass is 9.79. The van der Waals surface area contributed by atoms with Gasteiger partial charge in [0.2, 0.25) is 11.4 Å². The molecule has 0 unspecified atom stereocenters. The second kappa shape index (κ2) is 11.8. The Balaban J connectivity index is 1.23. The topological polar surface area (TPSA) is 32.3 Å². The number of aromatic nitrogens is 1. The normalized spacial score (nSPS) is 12.9. The Kier molecular flexibility index (Phi) is 6.58. The molecule has 0 N–H and O–H groups in total.